The van der Waals surface area contributed by atoms with E-state index in [1.807, 2.05) is 13.0 Å². The van der Waals surface area contributed by atoms with Crippen molar-refractivity contribution in [2.75, 3.05) is 25.5 Å². The van der Waals surface area contributed by atoms with Crippen LogP contribution in [0.2, 0.25) is 0 Å². The first kappa shape index (κ1) is 15.9. The van der Waals surface area contributed by atoms with Gasteiger partial charge in [-0.05, 0) is 45.5 Å². The van der Waals surface area contributed by atoms with Crippen LogP contribution in [0.25, 0.3) is 0 Å². The molecule has 1 aliphatic heterocycles. The Morgan fingerprint density at radius 3 is 2.52 bits per heavy atom. The van der Waals surface area contributed by atoms with Crippen molar-refractivity contribution in [3.63, 3.8) is 0 Å². The molecule has 3 rings (SSSR count). The Balaban J connectivity index is 1.83. The van der Waals surface area contributed by atoms with E-state index in [0.29, 0.717) is 11.9 Å². The summed E-state index contributed by atoms with van der Waals surface area (Å²) < 4.78 is 0. The maximum absolute atomic E-state index is 4.63. The summed E-state index contributed by atoms with van der Waals surface area (Å²) in [5.41, 5.74) is 2.17. The van der Waals surface area contributed by atoms with Crippen molar-refractivity contribution >= 4 is 5.82 Å². The molecule has 0 unspecified atom stereocenters. The van der Waals surface area contributed by atoms with Crippen LogP contribution < -0.4 is 5.32 Å². The number of nitrogens with zero attached hydrogens (tertiary/aromatic N) is 4. The molecular weight excluding hydrogens is 286 g/mol. The number of aromatic nitrogens is 3. The van der Waals surface area contributed by atoms with Crippen molar-refractivity contribution in [3.05, 3.63) is 47.4 Å². The van der Waals surface area contributed by atoms with Gasteiger partial charge in [0.15, 0.2) is 5.82 Å². The molecule has 1 N–H and O–H groups in total. The van der Waals surface area contributed by atoms with E-state index in [1.54, 1.807) is 0 Å². The molecule has 0 bridgehead atoms. The molecule has 122 valence electrons. The van der Waals surface area contributed by atoms with E-state index in [9.17, 15) is 0 Å². The molecule has 1 aliphatic rings. The van der Waals surface area contributed by atoms with Gasteiger partial charge in [0.2, 0.25) is 0 Å². The SMILES string of the molecule is Cc1nnc([C@H](C)c2ccccc2)c(NC2CCN(C)CC2)n1. The molecule has 5 heteroatoms. The molecule has 23 heavy (non-hydrogen) atoms. The van der Waals surface area contributed by atoms with E-state index in [4.69, 9.17) is 0 Å². The molecule has 2 aromatic rings. The number of rotatable bonds is 4. The molecule has 1 saturated heterocycles. The molecule has 0 saturated carbocycles. The average Bonchev–Trinajstić information content (AvgIpc) is 2.57. The van der Waals surface area contributed by atoms with Crippen LogP contribution in [-0.4, -0.2) is 46.3 Å². The van der Waals surface area contributed by atoms with E-state index >= 15 is 0 Å². The number of benzene rings is 1. The molecule has 5 nitrogen and oxygen atoms in total. The number of hydrogen-bond acceptors (Lipinski definition) is 5. The number of piperidine rings is 1. The van der Waals surface area contributed by atoms with Gasteiger partial charge < -0.3 is 10.2 Å². The largest absolute Gasteiger partial charge is 0.366 e. The van der Waals surface area contributed by atoms with Crippen molar-refractivity contribution in [3.8, 4) is 0 Å². The van der Waals surface area contributed by atoms with E-state index in [0.717, 1.165) is 37.4 Å². The number of anilines is 1. The fourth-order valence-electron chi connectivity index (χ4n) is 3.06. The summed E-state index contributed by atoms with van der Waals surface area (Å²) in [6.45, 7) is 6.30. The van der Waals surface area contributed by atoms with Crippen LogP contribution >= 0.6 is 0 Å². The highest BCUT2D eigenvalue weighted by Crippen LogP contribution is 2.27. The maximum Gasteiger partial charge on any atom is 0.152 e. The van der Waals surface area contributed by atoms with Gasteiger partial charge in [-0.25, -0.2) is 4.98 Å². The zero-order chi connectivity index (χ0) is 16.2. The lowest BCUT2D eigenvalue weighted by Gasteiger charge is -2.30. The Bertz CT molecular complexity index is 635. The lowest BCUT2D eigenvalue weighted by Crippen LogP contribution is -2.37. The van der Waals surface area contributed by atoms with Crippen molar-refractivity contribution in [2.45, 2.75) is 38.6 Å². The Labute approximate surface area is 138 Å². The van der Waals surface area contributed by atoms with Crippen LogP contribution in [0.3, 0.4) is 0 Å². The highest BCUT2D eigenvalue weighted by atomic mass is 15.2. The Hall–Kier alpha value is -2.01. The Morgan fingerprint density at radius 1 is 1.13 bits per heavy atom. The summed E-state index contributed by atoms with van der Waals surface area (Å²) in [6.07, 6.45) is 2.28. The lowest BCUT2D eigenvalue weighted by molar-refractivity contribution is 0.263. The smallest absolute Gasteiger partial charge is 0.152 e. The highest BCUT2D eigenvalue weighted by molar-refractivity contribution is 5.46. The quantitative estimate of drug-likeness (QED) is 0.941. The molecule has 0 spiro atoms. The van der Waals surface area contributed by atoms with E-state index < -0.39 is 0 Å². The van der Waals surface area contributed by atoms with Gasteiger partial charge in [0.25, 0.3) is 0 Å². The summed E-state index contributed by atoms with van der Waals surface area (Å²) in [5.74, 6) is 1.78. The van der Waals surface area contributed by atoms with Gasteiger partial charge in [-0.3, -0.25) is 0 Å². The van der Waals surface area contributed by atoms with Crippen LogP contribution in [-0.2, 0) is 0 Å². The van der Waals surface area contributed by atoms with Crippen molar-refractivity contribution < 1.29 is 0 Å². The van der Waals surface area contributed by atoms with Crippen LogP contribution in [0.15, 0.2) is 30.3 Å². The fraction of sp³-hybridized carbons (Fsp3) is 0.500. The predicted molar refractivity (Wildman–Crippen MR) is 92.7 cm³/mol. The zero-order valence-electron chi connectivity index (χ0n) is 14.2. The number of aryl methyl sites for hydroxylation is 1. The van der Waals surface area contributed by atoms with Crippen molar-refractivity contribution in [1.29, 1.82) is 0 Å². The van der Waals surface area contributed by atoms with Gasteiger partial charge in [0, 0.05) is 12.0 Å². The normalized spacial score (nSPS) is 17.9. The van der Waals surface area contributed by atoms with Crippen molar-refractivity contribution in [2.24, 2.45) is 0 Å². The Kier molecular flexibility index (Phi) is 4.86. The minimum Gasteiger partial charge on any atom is -0.366 e. The van der Waals surface area contributed by atoms with Crippen LogP contribution in [0.1, 0.15) is 42.8 Å². The van der Waals surface area contributed by atoms with E-state index in [2.05, 4.69) is 63.6 Å². The van der Waals surface area contributed by atoms with Gasteiger partial charge in [0.1, 0.15) is 11.5 Å². The van der Waals surface area contributed by atoms with Gasteiger partial charge >= 0.3 is 0 Å². The summed E-state index contributed by atoms with van der Waals surface area (Å²) >= 11 is 0. The first-order chi connectivity index (χ1) is 11.1. The number of hydrogen-bond donors (Lipinski definition) is 1. The number of nitrogens with one attached hydrogen (secondary N) is 1. The first-order valence-corrected chi connectivity index (χ1v) is 8.34. The van der Waals surface area contributed by atoms with Gasteiger partial charge in [-0.1, -0.05) is 37.3 Å². The first-order valence-electron chi connectivity index (χ1n) is 8.34. The summed E-state index contributed by atoms with van der Waals surface area (Å²) in [7, 11) is 2.18. The Morgan fingerprint density at radius 2 is 1.83 bits per heavy atom. The summed E-state index contributed by atoms with van der Waals surface area (Å²) in [6, 6.07) is 10.9. The predicted octanol–water partition coefficient (Wildman–Crippen LogP) is 2.84. The molecule has 0 radical (unpaired) electrons. The molecule has 1 aromatic carbocycles. The van der Waals surface area contributed by atoms with Gasteiger partial charge in [-0.15, -0.1) is 10.2 Å². The molecule has 0 amide bonds. The van der Waals surface area contributed by atoms with Crippen LogP contribution in [0, 0.1) is 6.92 Å². The topological polar surface area (TPSA) is 53.9 Å². The zero-order valence-corrected chi connectivity index (χ0v) is 14.2. The molecular formula is C18H25N5. The van der Waals surface area contributed by atoms with Gasteiger partial charge in [0.05, 0.1) is 0 Å². The summed E-state index contributed by atoms with van der Waals surface area (Å²) in [4.78, 5) is 7.00. The molecule has 0 aliphatic carbocycles. The minimum absolute atomic E-state index is 0.172. The summed E-state index contributed by atoms with van der Waals surface area (Å²) in [5, 5.41) is 12.3. The highest BCUT2D eigenvalue weighted by Gasteiger charge is 2.21. The molecule has 1 atom stereocenters. The minimum atomic E-state index is 0.172. The second-order valence-electron chi connectivity index (χ2n) is 6.45. The van der Waals surface area contributed by atoms with Crippen LogP contribution in [0.4, 0.5) is 5.82 Å². The fourth-order valence-corrected chi connectivity index (χ4v) is 3.06. The lowest BCUT2D eigenvalue weighted by atomic mass is 9.97. The monoisotopic (exact) mass is 311 g/mol. The second kappa shape index (κ2) is 7.04. The second-order valence-corrected chi connectivity index (χ2v) is 6.45. The molecule has 1 aromatic heterocycles. The van der Waals surface area contributed by atoms with E-state index in [1.165, 1.54) is 5.56 Å². The standard InChI is InChI=1S/C18H25N5/c1-13(15-7-5-4-6-8-15)17-18(19-14(2)21-22-17)20-16-9-11-23(3)12-10-16/h4-8,13,16H,9-12H2,1-3H3,(H,19,20,21)/t13-/m1/s1. The third-order valence-electron chi connectivity index (χ3n) is 4.59. The maximum atomic E-state index is 4.63. The third-order valence-corrected chi connectivity index (χ3v) is 4.59. The number of likely N-dealkylation sites (tertiary alicyclic amines) is 1. The average molecular weight is 311 g/mol. The van der Waals surface area contributed by atoms with Crippen LogP contribution in [0.5, 0.6) is 0 Å². The van der Waals surface area contributed by atoms with Gasteiger partial charge in [-0.2, -0.15) is 0 Å². The third kappa shape index (κ3) is 3.85. The van der Waals surface area contributed by atoms with Crippen molar-refractivity contribution in [1.82, 2.24) is 20.1 Å². The molecule has 2 heterocycles. The molecule has 1 fully saturated rings. The van der Waals surface area contributed by atoms with E-state index in [-0.39, 0.29) is 5.92 Å².